The molecule has 0 unspecified atom stereocenters. The third-order valence-corrected chi connectivity index (χ3v) is 5.34. The lowest BCUT2D eigenvalue weighted by Crippen LogP contribution is -2.50. The molecule has 3 rings (SSSR count). The first-order valence-corrected chi connectivity index (χ1v) is 9.23. The van der Waals surface area contributed by atoms with Crippen molar-refractivity contribution in [2.24, 2.45) is 5.73 Å². The Morgan fingerprint density at radius 2 is 2.00 bits per heavy atom. The van der Waals surface area contributed by atoms with Gasteiger partial charge in [0, 0.05) is 44.7 Å². The molecular formula is C18H22FN5S. The van der Waals surface area contributed by atoms with E-state index in [1.54, 1.807) is 30.1 Å². The zero-order valence-corrected chi connectivity index (χ0v) is 14.8. The van der Waals surface area contributed by atoms with E-state index >= 15 is 0 Å². The molecule has 0 aliphatic carbocycles. The van der Waals surface area contributed by atoms with E-state index in [2.05, 4.69) is 16.0 Å². The highest BCUT2D eigenvalue weighted by atomic mass is 32.2. The van der Waals surface area contributed by atoms with Crippen LogP contribution >= 0.6 is 11.8 Å². The SMILES string of the molecule is N=C(N)N1CCN(Cc2cccnc2SCc2cccc(F)c2)CC1. The number of piperazine rings is 1. The minimum absolute atomic E-state index is 0.146. The Hall–Kier alpha value is -2.12. The number of hydrogen-bond acceptors (Lipinski definition) is 4. The minimum Gasteiger partial charge on any atom is -0.370 e. The van der Waals surface area contributed by atoms with Crippen LogP contribution in [0.2, 0.25) is 0 Å². The lowest BCUT2D eigenvalue weighted by molar-refractivity contribution is 0.172. The number of guanidine groups is 1. The van der Waals surface area contributed by atoms with Crippen molar-refractivity contribution in [3.63, 3.8) is 0 Å². The summed E-state index contributed by atoms with van der Waals surface area (Å²) in [6.07, 6.45) is 1.80. The first kappa shape index (κ1) is 17.7. The van der Waals surface area contributed by atoms with Gasteiger partial charge in [-0.2, -0.15) is 0 Å². The lowest BCUT2D eigenvalue weighted by Gasteiger charge is -2.35. The number of benzene rings is 1. The van der Waals surface area contributed by atoms with Crippen molar-refractivity contribution in [1.29, 1.82) is 5.41 Å². The van der Waals surface area contributed by atoms with Gasteiger partial charge in [0.25, 0.3) is 0 Å². The van der Waals surface area contributed by atoms with E-state index in [1.165, 1.54) is 11.6 Å². The Labute approximate surface area is 151 Å². The Morgan fingerprint density at radius 3 is 2.72 bits per heavy atom. The molecule has 0 radical (unpaired) electrons. The van der Waals surface area contributed by atoms with Crippen molar-refractivity contribution < 1.29 is 4.39 Å². The van der Waals surface area contributed by atoms with Crippen LogP contribution in [0.5, 0.6) is 0 Å². The molecule has 1 fully saturated rings. The Balaban J connectivity index is 1.60. The lowest BCUT2D eigenvalue weighted by atomic mass is 10.2. The smallest absolute Gasteiger partial charge is 0.188 e. The second-order valence-electron chi connectivity index (χ2n) is 6.03. The van der Waals surface area contributed by atoms with Gasteiger partial charge in [-0.05, 0) is 29.3 Å². The van der Waals surface area contributed by atoms with Crippen LogP contribution in [0.25, 0.3) is 0 Å². The molecule has 0 spiro atoms. The molecule has 0 bridgehead atoms. The van der Waals surface area contributed by atoms with Crippen LogP contribution in [0, 0.1) is 11.2 Å². The standard InChI is InChI=1S/C18H22FN5S/c19-16-5-1-3-14(11-16)13-25-17-15(4-2-6-22-17)12-23-7-9-24(10-8-23)18(20)21/h1-6,11H,7-10,12-13H2,(H3,20,21). The number of aromatic nitrogens is 1. The molecule has 1 aliphatic heterocycles. The molecule has 1 aromatic carbocycles. The van der Waals surface area contributed by atoms with Gasteiger partial charge in [-0.3, -0.25) is 10.3 Å². The number of pyridine rings is 1. The van der Waals surface area contributed by atoms with E-state index in [1.807, 2.05) is 17.0 Å². The summed E-state index contributed by atoms with van der Waals surface area (Å²) in [4.78, 5) is 8.74. The van der Waals surface area contributed by atoms with Crippen LogP contribution in [0.3, 0.4) is 0 Å². The number of nitrogens with two attached hydrogens (primary N) is 1. The summed E-state index contributed by atoms with van der Waals surface area (Å²) in [6.45, 7) is 4.14. The fourth-order valence-corrected chi connectivity index (χ4v) is 3.78. The zero-order valence-electron chi connectivity index (χ0n) is 14.0. The maximum absolute atomic E-state index is 13.3. The van der Waals surface area contributed by atoms with Gasteiger partial charge in [0.05, 0.1) is 0 Å². The number of nitrogens with zero attached hydrogens (tertiary/aromatic N) is 3. The van der Waals surface area contributed by atoms with E-state index in [0.29, 0.717) is 5.75 Å². The van der Waals surface area contributed by atoms with Crippen LogP contribution in [0.4, 0.5) is 4.39 Å². The van der Waals surface area contributed by atoms with Crippen LogP contribution in [-0.4, -0.2) is 46.9 Å². The van der Waals surface area contributed by atoms with Gasteiger partial charge in [-0.15, -0.1) is 11.8 Å². The summed E-state index contributed by atoms with van der Waals surface area (Å²) in [7, 11) is 0. The first-order chi connectivity index (χ1) is 12.1. The quantitative estimate of drug-likeness (QED) is 0.488. The molecule has 3 N–H and O–H groups in total. The van der Waals surface area contributed by atoms with Gasteiger partial charge in [0.15, 0.2) is 5.96 Å². The molecular weight excluding hydrogens is 337 g/mol. The van der Waals surface area contributed by atoms with Gasteiger partial charge >= 0.3 is 0 Å². The normalized spacial score (nSPS) is 15.3. The maximum Gasteiger partial charge on any atom is 0.188 e. The van der Waals surface area contributed by atoms with E-state index in [9.17, 15) is 4.39 Å². The van der Waals surface area contributed by atoms with Crippen molar-refractivity contribution in [1.82, 2.24) is 14.8 Å². The number of rotatable bonds is 5. The number of hydrogen-bond donors (Lipinski definition) is 2. The summed E-state index contributed by atoms with van der Waals surface area (Å²) in [5.41, 5.74) is 7.68. The molecule has 25 heavy (non-hydrogen) atoms. The van der Waals surface area contributed by atoms with Gasteiger partial charge in [0.2, 0.25) is 0 Å². The maximum atomic E-state index is 13.3. The third-order valence-electron chi connectivity index (χ3n) is 4.22. The van der Waals surface area contributed by atoms with E-state index < -0.39 is 0 Å². The summed E-state index contributed by atoms with van der Waals surface area (Å²) in [5, 5.41) is 8.49. The molecule has 1 aromatic heterocycles. The van der Waals surface area contributed by atoms with E-state index in [4.69, 9.17) is 11.1 Å². The Morgan fingerprint density at radius 1 is 1.20 bits per heavy atom. The highest BCUT2D eigenvalue weighted by molar-refractivity contribution is 7.98. The highest BCUT2D eigenvalue weighted by Gasteiger charge is 2.18. The molecule has 132 valence electrons. The van der Waals surface area contributed by atoms with Crippen molar-refractivity contribution in [3.8, 4) is 0 Å². The van der Waals surface area contributed by atoms with Crippen LogP contribution in [0.1, 0.15) is 11.1 Å². The van der Waals surface area contributed by atoms with Crippen molar-refractivity contribution >= 4 is 17.7 Å². The number of halogens is 1. The summed E-state index contributed by atoms with van der Waals surface area (Å²) >= 11 is 1.63. The largest absolute Gasteiger partial charge is 0.370 e. The average molecular weight is 359 g/mol. The van der Waals surface area contributed by atoms with E-state index in [-0.39, 0.29) is 11.8 Å². The van der Waals surface area contributed by atoms with E-state index in [0.717, 1.165) is 43.3 Å². The second kappa shape index (κ2) is 8.31. The van der Waals surface area contributed by atoms with Crippen LogP contribution < -0.4 is 5.73 Å². The van der Waals surface area contributed by atoms with Gasteiger partial charge in [-0.1, -0.05) is 18.2 Å². The van der Waals surface area contributed by atoms with Crippen molar-refractivity contribution in [2.75, 3.05) is 26.2 Å². The first-order valence-electron chi connectivity index (χ1n) is 8.24. The molecule has 0 saturated carbocycles. The van der Waals surface area contributed by atoms with Gasteiger partial charge < -0.3 is 10.6 Å². The summed E-state index contributed by atoms with van der Waals surface area (Å²) in [5.74, 6) is 0.634. The van der Waals surface area contributed by atoms with Crippen molar-refractivity contribution in [3.05, 3.63) is 59.5 Å². The zero-order chi connectivity index (χ0) is 17.6. The highest BCUT2D eigenvalue weighted by Crippen LogP contribution is 2.25. The topological polar surface area (TPSA) is 69.2 Å². The molecule has 2 aromatic rings. The minimum atomic E-state index is -0.206. The third kappa shape index (κ3) is 4.93. The molecule has 0 amide bonds. The predicted molar refractivity (Wildman–Crippen MR) is 99.0 cm³/mol. The molecule has 0 atom stereocenters. The van der Waals surface area contributed by atoms with Gasteiger partial charge in [-0.25, -0.2) is 9.37 Å². The van der Waals surface area contributed by atoms with Gasteiger partial charge in [0.1, 0.15) is 10.8 Å². The average Bonchev–Trinajstić information content (AvgIpc) is 2.61. The Bertz CT molecular complexity index is 731. The fourth-order valence-electron chi connectivity index (χ4n) is 2.84. The molecule has 2 heterocycles. The van der Waals surface area contributed by atoms with Crippen LogP contribution in [-0.2, 0) is 12.3 Å². The molecule has 7 heteroatoms. The fraction of sp³-hybridized carbons (Fsp3) is 0.333. The molecule has 1 aliphatic rings. The Kier molecular flexibility index (Phi) is 5.88. The predicted octanol–water partition coefficient (Wildman–Crippen LogP) is 2.52. The summed E-state index contributed by atoms with van der Waals surface area (Å²) in [6, 6.07) is 10.7. The molecule has 5 nitrogen and oxygen atoms in total. The number of nitrogens with one attached hydrogen (secondary N) is 1. The summed E-state index contributed by atoms with van der Waals surface area (Å²) < 4.78 is 13.3. The van der Waals surface area contributed by atoms with Crippen LogP contribution in [0.15, 0.2) is 47.6 Å². The monoisotopic (exact) mass is 359 g/mol. The number of thioether (sulfide) groups is 1. The van der Waals surface area contributed by atoms with Crippen molar-refractivity contribution in [2.45, 2.75) is 17.3 Å². The molecule has 1 saturated heterocycles. The second-order valence-corrected chi connectivity index (χ2v) is 7.00.